The van der Waals surface area contributed by atoms with Crippen LogP contribution in [0.15, 0.2) is 12.1 Å². The highest BCUT2D eigenvalue weighted by molar-refractivity contribution is 5.95. The van der Waals surface area contributed by atoms with Crippen molar-refractivity contribution < 1.29 is 9.53 Å². The van der Waals surface area contributed by atoms with E-state index in [0.29, 0.717) is 17.9 Å². The second-order valence-corrected chi connectivity index (χ2v) is 5.61. The van der Waals surface area contributed by atoms with Crippen LogP contribution in [0.3, 0.4) is 0 Å². The SMILES string of the molecule is COC(C)(C)CNC(=O)c1cc(NN)nc(C(C)C)c1. The van der Waals surface area contributed by atoms with Gasteiger partial charge >= 0.3 is 0 Å². The Bertz CT molecular complexity index is 472. The third kappa shape index (κ3) is 4.47. The molecular weight excluding hydrogens is 256 g/mol. The van der Waals surface area contributed by atoms with Crippen LogP contribution in [0.25, 0.3) is 0 Å². The molecule has 0 radical (unpaired) electrons. The fraction of sp³-hybridized carbons (Fsp3) is 0.571. The number of rotatable bonds is 6. The van der Waals surface area contributed by atoms with Crippen LogP contribution in [0.5, 0.6) is 0 Å². The molecule has 1 aromatic heterocycles. The van der Waals surface area contributed by atoms with Crippen molar-refractivity contribution in [2.75, 3.05) is 19.1 Å². The van der Waals surface area contributed by atoms with Crippen molar-refractivity contribution in [2.24, 2.45) is 5.84 Å². The molecule has 1 amide bonds. The molecule has 112 valence electrons. The van der Waals surface area contributed by atoms with Crippen LogP contribution in [0.4, 0.5) is 5.82 Å². The molecule has 6 heteroatoms. The Morgan fingerprint density at radius 2 is 2.10 bits per heavy atom. The Morgan fingerprint density at radius 3 is 2.60 bits per heavy atom. The molecule has 0 saturated carbocycles. The Hall–Kier alpha value is -1.66. The molecule has 0 aliphatic rings. The van der Waals surface area contributed by atoms with E-state index < -0.39 is 5.60 Å². The fourth-order valence-corrected chi connectivity index (χ4v) is 1.52. The Morgan fingerprint density at radius 1 is 1.45 bits per heavy atom. The zero-order valence-corrected chi connectivity index (χ0v) is 12.8. The topological polar surface area (TPSA) is 89.3 Å². The summed E-state index contributed by atoms with van der Waals surface area (Å²) in [7, 11) is 1.62. The van der Waals surface area contributed by atoms with Crippen molar-refractivity contribution in [1.29, 1.82) is 0 Å². The van der Waals surface area contributed by atoms with Crippen LogP contribution in [0.1, 0.15) is 49.7 Å². The quantitative estimate of drug-likeness (QED) is 0.544. The summed E-state index contributed by atoms with van der Waals surface area (Å²) in [4.78, 5) is 16.5. The van der Waals surface area contributed by atoms with E-state index in [9.17, 15) is 4.79 Å². The number of hydrogen-bond donors (Lipinski definition) is 3. The van der Waals surface area contributed by atoms with Gasteiger partial charge < -0.3 is 15.5 Å². The number of nitrogens with zero attached hydrogens (tertiary/aromatic N) is 1. The van der Waals surface area contributed by atoms with Crippen molar-refractivity contribution in [3.63, 3.8) is 0 Å². The van der Waals surface area contributed by atoms with Crippen molar-refractivity contribution in [3.05, 3.63) is 23.4 Å². The summed E-state index contributed by atoms with van der Waals surface area (Å²) < 4.78 is 5.27. The molecule has 4 N–H and O–H groups in total. The number of nitrogens with one attached hydrogen (secondary N) is 2. The summed E-state index contributed by atoms with van der Waals surface area (Å²) in [6, 6.07) is 3.40. The number of nitrogen functional groups attached to an aromatic ring is 1. The number of ether oxygens (including phenoxy) is 1. The van der Waals surface area contributed by atoms with E-state index in [1.165, 1.54) is 0 Å². The highest BCUT2D eigenvalue weighted by Gasteiger charge is 2.18. The summed E-state index contributed by atoms with van der Waals surface area (Å²) in [5.74, 6) is 5.91. The Labute approximate surface area is 120 Å². The third-order valence-electron chi connectivity index (χ3n) is 3.07. The van der Waals surface area contributed by atoms with Crippen molar-refractivity contribution in [1.82, 2.24) is 10.3 Å². The van der Waals surface area contributed by atoms with E-state index in [0.717, 1.165) is 5.69 Å². The van der Waals surface area contributed by atoms with Crippen LogP contribution in [0, 0.1) is 0 Å². The normalized spacial score (nSPS) is 11.6. The molecule has 0 aromatic carbocycles. The van der Waals surface area contributed by atoms with Gasteiger partial charge in [0.05, 0.1) is 5.60 Å². The number of hydrazine groups is 1. The predicted octanol–water partition coefficient (Wildman–Crippen LogP) is 1.65. The second kappa shape index (κ2) is 6.67. The average Bonchev–Trinajstić information content (AvgIpc) is 2.44. The molecule has 0 saturated heterocycles. The number of hydrogen-bond acceptors (Lipinski definition) is 5. The number of anilines is 1. The van der Waals surface area contributed by atoms with Gasteiger partial charge in [-0.1, -0.05) is 13.8 Å². The Balaban J connectivity index is 2.89. The highest BCUT2D eigenvalue weighted by atomic mass is 16.5. The van der Waals surface area contributed by atoms with E-state index in [-0.39, 0.29) is 11.8 Å². The van der Waals surface area contributed by atoms with E-state index in [4.69, 9.17) is 10.6 Å². The maximum absolute atomic E-state index is 12.2. The summed E-state index contributed by atoms with van der Waals surface area (Å²) >= 11 is 0. The molecule has 0 aliphatic heterocycles. The standard InChI is InChI=1S/C14H24N4O2/c1-9(2)11-6-10(7-12(17-11)18-15)13(19)16-8-14(3,4)20-5/h6-7,9H,8,15H2,1-5H3,(H,16,19)(H,17,18). The van der Waals surface area contributed by atoms with E-state index in [1.54, 1.807) is 19.2 Å². The lowest BCUT2D eigenvalue weighted by Gasteiger charge is -2.23. The zero-order valence-electron chi connectivity index (χ0n) is 12.8. The van der Waals surface area contributed by atoms with Crippen LogP contribution < -0.4 is 16.6 Å². The minimum absolute atomic E-state index is 0.170. The van der Waals surface area contributed by atoms with Gasteiger partial charge in [0.15, 0.2) is 0 Å². The first-order valence-corrected chi connectivity index (χ1v) is 6.61. The number of methoxy groups -OCH3 is 1. The number of pyridine rings is 1. The lowest BCUT2D eigenvalue weighted by Crippen LogP contribution is -2.39. The molecular formula is C14H24N4O2. The minimum Gasteiger partial charge on any atom is -0.377 e. The lowest BCUT2D eigenvalue weighted by atomic mass is 10.1. The van der Waals surface area contributed by atoms with Gasteiger partial charge in [0.1, 0.15) is 5.82 Å². The first-order valence-electron chi connectivity index (χ1n) is 6.61. The van der Waals surface area contributed by atoms with Gasteiger partial charge in [-0.3, -0.25) is 4.79 Å². The predicted molar refractivity (Wildman–Crippen MR) is 79.6 cm³/mol. The van der Waals surface area contributed by atoms with Gasteiger partial charge in [-0.2, -0.15) is 0 Å². The van der Waals surface area contributed by atoms with Crippen molar-refractivity contribution in [3.8, 4) is 0 Å². The maximum atomic E-state index is 12.2. The van der Waals surface area contributed by atoms with Gasteiger partial charge in [0.25, 0.3) is 5.91 Å². The summed E-state index contributed by atoms with van der Waals surface area (Å²) in [5.41, 5.74) is 3.43. The van der Waals surface area contributed by atoms with Gasteiger partial charge in [0, 0.05) is 24.9 Å². The molecule has 6 nitrogen and oxygen atoms in total. The smallest absolute Gasteiger partial charge is 0.251 e. The van der Waals surface area contributed by atoms with Crippen LogP contribution >= 0.6 is 0 Å². The third-order valence-corrected chi connectivity index (χ3v) is 3.07. The number of carbonyl (C=O) groups is 1. The molecule has 0 fully saturated rings. The molecule has 1 aromatic rings. The highest BCUT2D eigenvalue weighted by Crippen LogP contribution is 2.17. The number of aromatic nitrogens is 1. The lowest BCUT2D eigenvalue weighted by molar-refractivity contribution is 0.0229. The number of carbonyl (C=O) groups excluding carboxylic acids is 1. The summed E-state index contributed by atoms with van der Waals surface area (Å²) in [6.45, 7) is 8.27. The van der Waals surface area contributed by atoms with Crippen LogP contribution in [0.2, 0.25) is 0 Å². The largest absolute Gasteiger partial charge is 0.377 e. The number of nitrogens with two attached hydrogens (primary N) is 1. The fourth-order valence-electron chi connectivity index (χ4n) is 1.52. The van der Waals surface area contributed by atoms with Gasteiger partial charge in [-0.15, -0.1) is 0 Å². The summed E-state index contributed by atoms with van der Waals surface area (Å²) in [6.07, 6.45) is 0. The summed E-state index contributed by atoms with van der Waals surface area (Å²) in [5, 5.41) is 2.85. The average molecular weight is 280 g/mol. The molecule has 0 spiro atoms. The first-order chi connectivity index (χ1) is 9.29. The van der Waals surface area contributed by atoms with E-state index >= 15 is 0 Å². The van der Waals surface area contributed by atoms with Crippen molar-refractivity contribution in [2.45, 2.75) is 39.2 Å². The molecule has 1 heterocycles. The van der Waals surface area contributed by atoms with E-state index in [1.807, 2.05) is 27.7 Å². The second-order valence-electron chi connectivity index (χ2n) is 5.61. The molecule has 0 unspecified atom stereocenters. The Kier molecular flexibility index (Phi) is 5.47. The zero-order chi connectivity index (χ0) is 15.3. The van der Waals surface area contributed by atoms with Crippen LogP contribution in [-0.2, 0) is 4.74 Å². The molecule has 1 rings (SSSR count). The molecule has 0 atom stereocenters. The van der Waals surface area contributed by atoms with Gasteiger partial charge in [-0.05, 0) is 31.9 Å². The first kappa shape index (κ1) is 16.4. The van der Waals surface area contributed by atoms with Gasteiger partial charge in [-0.25, -0.2) is 10.8 Å². The number of amides is 1. The molecule has 0 aliphatic carbocycles. The maximum Gasteiger partial charge on any atom is 0.251 e. The molecule has 20 heavy (non-hydrogen) atoms. The minimum atomic E-state index is -0.404. The monoisotopic (exact) mass is 280 g/mol. The van der Waals surface area contributed by atoms with Crippen LogP contribution in [-0.4, -0.2) is 30.1 Å². The van der Waals surface area contributed by atoms with Gasteiger partial charge in [0.2, 0.25) is 0 Å². The molecule has 0 bridgehead atoms. The van der Waals surface area contributed by atoms with E-state index in [2.05, 4.69) is 15.7 Å². The van der Waals surface area contributed by atoms with Crippen molar-refractivity contribution >= 4 is 11.7 Å².